The van der Waals surface area contributed by atoms with Crippen LogP contribution >= 0.6 is 15.9 Å². The number of hydrogen-bond acceptors (Lipinski definition) is 2. The predicted octanol–water partition coefficient (Wildman–Crippen LogP) is 3.24. The number of aromatic nitrogens is 2. The molecular weight excluding hydrogens is 299 g/mol. The average Bonchev–Trinajstić information content (AvgIpc) is 2.60. The van der Waals surface area contributed by atoms with Crippen LogP contribution in [0, 0.1) is 0 Å². The number of hydrogen-bond donors (Lipinski definition) is 1. The Kier molecular flexibility index (Phi) is 2.86. The molecule has 7 heteroatoms. The fourth-order valence-corrected chi connectivity index (χ4v) is 1.79. The lowest BCUT2D eigenvalue weighted by molar-refractivity contribution is -0.142. The highest BCUT2D eigenvalue weighted by molar-refractivity contribution is 9.10. The number of nitrogens with zero attached hydrogens (tertiary/aromatic N) is 2. The largest absolute Gasteiger partial charge is 0.433 e. The van der Waals surface area contributed by atoms with E-state index in [0.717, 1.165) is 10.7 Å². The number of benzene rings is 1. The molecular formula is C10H7BrF3N3. The molecule has 0 spiro atoms. The minimum absolute atomic E-state index is 0.169. The Morgan fingerprint density at radius 3 is 2.53 bits per heavy atom. The van der Waals surface area contributed by atoms with Crippen LogP contribution in [0.5, 0.6) is 0 Å². The second kappa shape index (κ2) is 4.06. The average molecular weight is 306 g/mol. The fourth-order valence-electron chi connectivity index (χ4n) is 1.41. The van der Waals surface area contributed by atoms with Crippen molar-refractivity contribution in [2.45, 2.75) is 6.18 Å². The van der Waals surface area contributed by atoms with Gasteiger partial charge in [0.2, 0.25) is 0 Å². The van der Waals surface area contributed by atoms with Gasteiger partial charge in [0.1, 0.15) is 11.5 Å². The van der Waals surface area contributed by atoms with Crippen molar-refractivity contribution in [3.05, 3.63) is 40.5 Å². The molecule has 0 saturated carbocycles. The number of nitrogens with two attached hydrogens (primary N) is 1. The van der Waals surface area contributed by atoms with Crippen molar-refractivity contribution in [2.75, 3.05) is 5.73 Å². The lowest BCUT2D eigenvalue weighted by Gasteiger charge is -2.10. The van der Waals surface area contributed by atoms with Gasteiger partial charge in [-0.3, -0.25) is 0 Å². The summed E-state index contributed by atoms with van der Waals surface area (Å²) in [5.41, 5.74) is 4.71. The summed E-state index contributed by atoms with van der Waals surface area (Å²) in [6.07, 6.45) is -4.49. The Hall–Kier alpha value is -1.50. The first-order valence-electron chi connectivity index (χ1n) is 4.56. The zero-order chi connectivity index (χ0) is 12.6. The van der Waals surface area contributed by atoms with Crippen molar-refractivity contribution in [2.24, 2.45) is 0 Å². The van der Waals surface area contributed by atoms with Crippen molar-refractivity contribution >= 4 is 21.7 Å². The third-order valence-electron chi connectivity index (χ3n) is 2.07. The van der Waals surface area contributed by atoms with Crippen LogP contribution in [0.4, 0.5) is 19.0 Å². The van der Waals surface area contributed by atoms with Gasteiger partial charge in [-0.25, -0.2) is 4.68 Å². The first-order valence-corrected chi connectivity index (χ1v) is 5.36. The lowest BCUT2D eigenvalue weighted by Crippen LogP contribution is -2.13. The van der Waals surface area contributed by atoms with E-state index >= 15 is 0 Å². The van der Waals surface area contributed by atoms with Crippen LogP contribution in [-0.4, -0.2) is 9.78 Å². The molecule has 1 heterocycles. The van der Waals surface area contributed by atoms with E-state index in [-0.39, 0.29) is 5.82 Å². The monoisotopic (exact) mass is 305 g/mol. The Balaban J connectivity index is 2.60. The standard InChI is InChI=1S/C10H7BrF3N3/c11-6-2-1-3-7(4-6)17-8(10(12,13)14)5-9(15)16-17/h1-5H,(H2,15,16). The number of alkyl halides is 3. The summed E-state index contributed by atoms with van der Waals surface area (Å²) in [4.78, 5) is 0. The van der Waals surface area contributed by atoms with E-state index in [4.69, 9.17) is 5.73 Å². The van der Waals surface area contributed by atoms with E-state index in [1.165, 1.54) is 12.1 Å². The van der Waals surface area contributed by atoms with Crippen molar-refractivity contribution in [3.8, 4) is 5.69 Å². The van der Waals surface area contributed by atoms with E-state index in [2.05, 4.69) is 21.0 Å². The molecule has 0 atom stereocenters. The molecule has 0 unspecified atom stereocenters. The maximum atomic E-state index is 12.7. The summed E-state index contributed by atoms with van der Waals surface area (Å²) in [5.74, 6) is -0.169. The summed E-state index contributed by atoms with van der Waals surface area (Å²) < 4.78 is 39.6. The zero-order valence-corrected chi connectivity index (χ0v) is 9.96. The molecule has 3 nitrogen and oxygen atoms in total. The van der Waals surface area contributed by atoms with Crippen LogP contribution < -0.4 is 5.73 Å². The van der Waals surface area contributed by atoms with Crippen molar-refractivity contribution < 1.29 is 13.2 Å². The molecule has 1 aromatic heterocycles. The first kappa shape index (κ1) is 12.0. The number of anilines is 1. The van der Waals surface area contributed by atoms with Crippen molar-refractivity contribution in [3.63, 3.8) is 0 Å². The third-order valence-corrected chi connectivity index (χ3v) is 2.56. The minimum Gasteiger partial charge on any atom is -0.382 e. The maximum Gasteiger partial charge on any atom is 0.433 e. The fraction of sp³-hybridized carbons (Fsp3) is 0.100. The molecule has 2 N–H and O–H groups in total. The van der Waals surface area contributed by atoms with Gasteiger partial charge in [-0.05, 0) is 18.2 Å². The highest BCUT2D eigenvalue weighted by Crippen LogP contribution is 2.32. The molecule has 0 bridgehead atoms. The smallest absolute Gasteiger partial charge is 0.382 e. The molecule has 0 amide bonds. The summed E-state index contributed by atoms with van der Waals surface area (Å²) in [7, 11) is 0. The molecule has 2 aromatic rings. The molecule has 90 valence electrons. The number of rotatable bonds is 1. The topological polar surface area (TPSA) is 43.8 Å². The van der Waals surface area contributed by atoms with Gasteiger partial charge < -0.3 is 5.73 Å². The van der Waals surface area contributed by atoms with Crippen LogP contribution in [0.15, 0.2) is 34.8 Å². The van der Waals surface area contributed by atoms with Gasteiger partial charge in [-0.15, -0.1) is 0 Å². The molecule has 2 rings (SSSR count). The van der Waals surface area contributed by atoms with Crippen molar-refractivity contribution in [1.29, 1.82) is 0 Å². The summed E-state index contributed by atoms with van der Waals surface area (Å²) >= 11 is 3.19. The van der Waals surface area contributed by atoms with Gasteiger partial charge >= 0.3 is 6.18 Å². The quantitative estimate of drug-likeness (QED) is 0.879. The highest BCUT2D eigenvalue weighted by atomic mass is 79.9. The second-order valence-corrected chi connectivity index (χ2v) is 4.26. The van der Waals surface area contributed by atoms with Crippen LogP contribution in [0.1, 0.15) is 5.69 Å². The van der Waals surface area contributed by atoms with E-state index in [1.807, 2.05) is 0 Å². The van der Waals surface area contributed by atoms with Crippen LogP contribution in [0.2, 0.25) is 0 Å². The molecule has 0 aliphatic rings. The maximum absolute atomic E-state index is 12.7. The molecule has 0 fully saturated rings. The molecule has 0 aliphatic heterocycles. The van der Waals surface area contributed by atoms with E-state index in [0.29, 0.717) is 10.2 Å². The van der Waals surface area contributed by atoms with Gasteiger partial charge in [0, 0.05) is 10.5 Å². The Labute approximate surface area is 103 Å². The van der Waals surface area contributed by atoms with Gasteiger partial charge in [0.15, 0.2) is 0 Å². The third kappa shape index (κ3) is 2.44. The molecule has 1 aromatic carbocycles. The number of halogens is 4. The van der Waals surface area contributed by atoms with Crippen molar-refractivity contribution in [1.82, 2.24) is 9.78 Å². The minimum atomic E-state index is -4.49. The van der Waals surface area contributed by atoms with Crippen LogP contribution in [-0.2, 0) is 6.18 Å². The summed E-state index contributed by atoms with van der Waals surface area (Å²) in [5, 5.41) is 3.64. The van der Waals surface area contributed by atoms with E-state index in [1.54, 1.807) is 12.1 Å². The van der Waals surface area contributed by atoms with Crippen LogP contribution in [0.25, 0.3) is 5.69 Å². The number of nitrogen functional groups attached to an aromatic ring is 1. The first-order chi connectivity index (χ1) is 7.88. The summed E-state index contributed by atoms with van der Waals surface area (Å²) in [6, 6.07) is 7.19. The highest BCUT2D eigenvalue weighted by Gasteiger charge is 2.36. The van der Waals surface area contributed by atoms with Gasteiger partial charge in [0.25, 0.3) is 0 Å². The SMILES string of the molecule is Nc1cc(C(F)(F)F)n(-c2cccc(Br)c2)n1. The van der Waals surface area contributed by atoms with E-state index < -0.39 is 11.9 Å². The molecule has 17 heavy (non-hydrogen) atoms. The Morgan fingerprint density at radius 2 is 1.94 bits per heavy atom. The lowest BCUT2D eigenvalue weighted by atomic mass is 10.3. The Morgan fingerprint density at radius 1 is 1.24 bits per heavy atom. The zero-order valence-electron chi connectivity index (χ0n) is 8.37. The predicted molar refractivity (Wildman–Crippen MR) is 60.7 cm³/mol. The summed E-state index contributed by atoms with van der Waals surface area (Å²) in [6.45, 7) is 0. The van der Waals surface area contributed by atoms with Gasteiger partial charge in [0.05, 0.1) is 5.69 Å². The van der Waals surface area contributed by atoms with Gasteiger partial charge in [-0.1, -0.05) is 22.0 Å². The van der Waals surface area contributed by atoms with E-state index in [9.17, 15) is 13.2 Å². The Bertz CT molecular complexity index is 548. The second-order valence-electron chi connectivity index (χ2n) is 3.34. The molecule has 0 saturated heterocycles. The molecule has 0 radical (unpaired) electrons. The van der Waals surface area contributed by atoms with Crippen LogP contribution in [0.3, 0.4) is 0 Å². The normalized spacial score (nSPS) is 11.8. The van der Waals surface area contributed by atoms with Gasteiger partial charge in [-0.2, -0.15) is 18.3 Å². The molecule has 0 aliphatic carbocycles.